The van der Waals surface area contributed by atoms with E-state index in [2.05, 4.69) is 21.6 Å². The summed E-state index contributed by atoms with van der Waals surface area (Å²) < 4.78 is 24.9. The van der Waals surface area contributed by atoms with Gasteiger partial charge in [0, 0.05) is 31.7 Å². The van der Waals surface area contributed by atoms with Crippen molar-refractivity contribution in [1.82, 2.24) is 14.7 Å². The maximum absolute atomic E-state index is 12.5. The first-order valence-electron chi connectivity index (χ1n) is 6.67. The Balaban J connectivity index is 2.20. The van der Waals surface area contributed by atoms with E-state index in [1.807, 2.05) is 7.05 Å². The van der Waals surface area contributed by atoms with Gasteiger partial charge in [0.15, 0.2) is 0 Å². The summed E-state index contributed by atoms with van der Waals surface area (Å²) in [5.41, 5.74) is 0.383. The minimum absolute atomic E-state index is 0.130. The van der Waals surface area contributed by atoms with Crippen LogP contribution in [-0.4, -0.2) is 63.3 Å². The number of aliphatic hydroxyl groups excluding tert-OH is 1. The minimum Gasteiger partial charge on any atom is -0.384 e. The van der Waals surface area contributed by atoms with Crippen LogP contribution in [0.4, 0.5) is 0 Å². The fourth-order valence-electron chi connectivity index (χ4n) is 2.06. The van der Waals surface area contributed by atoms with E-state index in [1.165, 1.54) is 6.07 Å². The Hall–Kier alpha value is -1.43. The summed E-state index contributed by atoms with van der Waals surface area (Å²) in [6.45, 7) is 2.60. The number of aliphatic hydroxyl groups is 1. The van der Waals surface area contributed by atoms with E-state index in [0.29, 0.717) is 18.7 Å². The monoisotopic (exact) mass is 309 g/mol. The predicted octanol–water partition coefficient (Wildman–Crippen LogP) is -0.529. The van der Waals surface area contributed by atoms with E-state index in [0.717, 1.165) is 13.1 Å². The number of nitrogens with zero attached hydrogens (tertiary/aromatic N) is 2. The van der Waals surface area contributed by atoms with Crippen molar-refractivity contribution in [2.75, 3.05) is 39.8 Å². The van der Waals surface area contributed by atoms with E-state index < -0.39 is 10.0 Å². The third-order valence-corrected chi connectivity index (χ3v) is 4.66. The Morgan fingerprint density at radius 1 is 1.24 bits per heavy atom. The van der Waals surface area contributed by atoms with Crippen molar-refractivity contribution in [2.45, 2.75) is 4.90 Å². The number of nitrogens with one attached hydrogen (secondary N) is 1. The van der Waals surface area contributed by atoms with Crippen LogP contribution in [0, 0.1) is 11.8 Å². The van der Waals surface area contributed by atoms with Gasteiger partial charge in [-0.1, -0.05) is 24.0 Å². The lowest BCUT2D eigenvalue weighted by Crippen LogP contribution is -2.52. The fourth-order valence-corrected chi connectivity index (χ4v) is 3.34. The summed E-state index contributed by atoms with van der Waals surface area (Å²) in [5, 5.41) is 10.5. The first-order valence-corrected chi connectivity index (χ1v) is 8.16. The van der Waals surface area contributed by atoms with Crippen molar-refractivity contribution in [1.29, 1.82) is 0 Å². The molecule has 2 N–H and O–H groups in total. The molecular weight excluding hydrogens is 290 g/mol. The molecule has 0 atom stereocenters. The second-order valence-corrected chi connectivity index (χ2v) is 6.47. The number of rotatable bonds is 3. The number of piperazine rings is 1. The summed E-state index contributed by atoms with van der Waals surface area (Å²) in [4.78, 5) is 4.87. The lowest BCUT2D eigenvalue weighted by atomic mass is 10.2. The molecule has 1 aliphatic heterocycles. The van der Waals surface area contributed by atoms with Gasteiger partial charge in [0.05, 0.1) is 4.90 Å². The van der Waals surface area contributed by atoms with Gasteiger partial charge in [0.1, 0.15) is 6.61 Å². The van der Waals surface area contributed by atoms with Crippen LogP contribution >= 0.6 is 0 Å². The van der Waals surface area contributed by atoms with Crippen LogP contribution in [-0.2, 0) is 10.0 Å². The Bertz CT molecular complexity index is 641. The fraction of sp³-hybridized carbons (Fsp3) is 0.429. The molecular formula is C14H19N3O3S. The van der Waals surface area contributed by atoms with Crippen molar-refractivity contribution in [3.8, 4) is 11.8 Å². The van der Waals surface area contributed by atoms with E-state index in [1.54, 1.807) is 23.2 Å². The molecule has 1 saturated heterocycles. The highest BCUT2D eigenvalue weighted by Gasteiger charge is 2.23. The van der Waals surface area contributed by atoms with Crippen LogP contribution in [0.15, 0.2) is 29.2 Å². The molecule has 1 heterocycles. The molecule has 21 heavy (non-hydrogen) atoms. The van der Waals surface area contributed by atoms with E-state index >= 15 is 0 Å². The molecule has 0 bridgehead atoms. The molecule has 0 spiro atoms. The molecule has 0 radical (unpaired) electrons. The zero-order chi connectivity index (χ0) is 15.3. The van der Waals surface area contributed by atoms with E-state index in [-0.39, 0.29) is 11.5 Å². The summed E-state index contributed by atoms with van der Waals surface area (Å²) in [6, 6.07) is 6.51. The van der Waals surface area contributed by atoms with E-state index in [9.17, 15) is 8.42 Å². The molecule has 6 nitrogen and oxygen atoms in total. The average molecular weight is 309 g/mol. The van der Waals surface area contributed by atoms with Crippen LogP contribution in [0.5, 0.6) is 0 Å². The molecule has 0 aromatic heterocycles. The Kier molecular flexibility index (Phi) is 5.33. The summed E-state index contributed by atoms with van der Waals surface area (Å²) in [7, 11) is -1.66. The average Bonchev–Trinajstić information content (AvgIpc) is 2.47. The lowest BCUT2D eigenvalue weighted by molar-refractivity contribution is 0.135. The number of benzene rings is 1. The highest BCUT2D eigenvalue weighted by Crippen LogP contribution is 2.15. The van der Waals surface area contributed by atoms with Crippen LogP contribution in [0.25, 0.3) is 0 Å². The highest BCUT2D eigenvalue weighted by atomic mass is 32.2. The molecule has 0 aliphatic carbocycles. The van der Waals surface area contributed by atoms with E-state index in [4.69, 9.17) is 5.11 Å². The summed E-state index contributed by atoms with van der Waals surface area (Å²) in [6.07, 6.45) is 0. The molecule has 1 aromatic carbocycles. The zero-order valence-corrected chi connectivity index (χ0v) is 12.7. The maximum Gasteiger partial charge on any atom is 0.254 e. The van der Waals surface area contributed by atoms with Gasteiger partial charge >= 0.3 is 0 Å². The maximum atomic E-state index is 12.5. The largest absolute Gasteiger partial charge is 0.384 e. The van der Waals surface area contributed by atoms with Gasteiger partial charge in [-0.05, 0) is 19.2 Å². The zero-order valence-electron chi connectivity index (χ0n) is 11.9. The Morgan fingerprint density at radius 3 is 2.57 bits per heavy atom. The first kappa shape index (κ1) is 15.9. The number of sulfonamides is 1. The van der Waals surface area contributed by atoms with Gasteiger partial charge < -0.3 is 10.0 Å². The van der Waals surface area contributed by atoms with Crippen LogP contribution in [0.3, 0.4) is 0 Å². The third-order valence-electron chi connectivity index (χ3n) is 3.23. The van der Waals surface area contributed by atoms with Gasteiger partial charge in [-0.3, -0.25) is 0 Å². The molecule has 1 fully saturated rings. The molecule has 1 aliphatic rings. The first-order chi connectivity index (χ1) is 10.0. The SMILES string of the molecule is CN1CCN(NS(=O)(=O)c2ccccc2C#CCO)CC1. The van der Waals surface area contributed by atoms with Crippen LogP contribution < -0.4 is 4.83 Å². The normalized spacial score (nSPS) is 17.2. The number of hydrogen-bond donors (Lipinski definition) is 2. The molecule has 2 rings (SSSR count). The quantitative estimate of drug-likeness (QED) is 0.735. The Labute approximate surface area is 125 Å². The molecule has 7 heteroatoms. The predicted molar refractivity (Wildman–Crippen MR) is 79.8 cm³/mol. The molecule has 114 valence electrons. The Morgan fingerprint density at radius 2 is 1.90 bits per heavy atom. The number of likely N-dealkylation sites (N-methyl/N-ethyl adjacent to an activating group) is 1. The van der Waals surface area contributed by atoms with Crippen molar-refractivity contribution >= 4 is 10.0 Å². The van der Waals surface area contributed by atoms with Crippen LogP contribution in [0.2, 0.25) is 0 Å². The number of hydrazine groups is 1. The minimum atomic E-state index is -3.67. The smallest absolute Gasteiger partial charge is 0.254 e. The summed E-state index contributed by atoms with van der Waals surface area (Å²) in [5.74, 6) is 5.15. The van der Waals surface area contributed by atoms with Crippen molar-refractivity contribution < 1.29 is 13.5 Å². The second-order valence-electron chi connectivity index (χ2n) is 4.84. The molecule has 0 unspecified atom stereocenters. The molecule has 0 saturated carbocycles. The third kappa shape index (κ3) is 4.27. The van der Waals surface area contributed by atoms with Gasteiger partial charge in [-0.25, -0.2) is 13.4 Å². The lowest BCUT2D eigenvalue weighted by Gasteiger charge is -2.32. The summed E-state index contributed by atoms with van der Waals surface area (Å²) >= 11 is 0. The van der Waals surface area contributed by atoms with Crippen molar-refractivity contribution in [3.05, 3.63) is 29.8 Å². The van der Waals surface area contributed by atoms with Gasteiger partial charge in [-0.2, -0.15) is 0 Å². The van der Waals surface area contributed by atoms with Crippen molar-refractivity contribution in [3.63, 3.8) is 0 Å². The standard InChI is InChI=1S/C14H19N3O3S/c1-16-8-10-17(11-9-16)15-21(19,20)14-7-3-2-5-13(14)6-4-12-18/h2-3,5,7,15,18H,8-12H2,1H3. The van der Waals surface area contributed by atoms with Gasteiger partial charge in [0.2, 0.25) is 0 Å². The number of hydrogen-bond acceptors (Lipinski definition) is 5. The molecule has 0 amide bonds. The van der Waals surface area contributed by atoms with Crippen LogP contribution in [0.1, 0.15) is 5.56 Å². The van der Waals surface area contributed by atoms with Crippen molar-refractivity contribution in [2.24, 2.45) is 0 Å². The molecule has 1 aromatic rings. The van der Waals surface area contributed by atoms with Gasteiger partial charge in [0.25, 0.3) is 10.0 Å². The second kappa shape index (κ2) is 7.02. The topological polar surface area (TPSA) is 72.9 Å². The van der Waals surface area contributed by atoms with Gasteiger partial charge in [-0.15, -0.1) is 4.83 Å². The highest BCUT2D eigenvalue weighted by molar-refractivity contribution is 7.89.